The highest BCUT2D eigenvalue weighted by molar-refractivity contribution is 7.99. The smallest absolute Gasteiger partial charge is 0.303 e. The van der Waals surface area contributed by atoms with Gasteiger partial charge in [0.15, 0.2) is 28.9 Å². The Morgan fingerprint density at radius 3 is 2.07 bits per heavy atom. The Hall–Kier alpha value is -3.90. The minimum absolute atomic E-state index is 0.292. The van der Waals surface area contributed by atoms with Crippen molar-refractivity contribution in [2.24, 2.45) is 0 Å². The lowest BCUT2D eigenvalue weighted by atomic mass is 9.99. The normalized spacial score (nSPS) is 22.1. The largest absolute Gasteiger partial charge is 0.463 e. The Labute approximate surface area is 241 Å². The van der Waals surface area contributed by atoms with E-state index in [2.05, 4.69) is 0 Å². The number of hydrogen-bond acceptors (Lipinski definition) is 11. The van der Waals surface area contributed by atoms with E-state index in [1.807, 2.05) is 59.2 Å². The third kappa shape index (κ3) is 7.86. The van der Waals surface area contributed by atoms with Crippen molar-refractivity contribution < 1.29 is 42.9 Å². The van der Waals surface area contributed by atoms with Crippen LogP contribution >= 0.6 is 11.8 Å². The van der Waals surface area contributed by atoms with Crippen LogP contribution in [-0.4, -0.2) is 69.9 Å². The van der Waals surface area contributed by atoms with Gasteiger partial charge in [-0.25, -0.2) is 4.98 Å². The molecule has 1 aromatic heterocycles. The van der Waals surface area contributed by atoms with Crippen LogP contribution in [0.1, 0.15) is 33.3 Å². The number of rotatable bonds is 10. The molecule has 3 aromatic rings. The second kappa shape index (κ2) is 13.6. The lowest BCUT2D eigenvalue weighted by Crippen LogP contribution is -2.61. The number of ether oxygens (including phenoxy) is 5. The van der Waals surface area contributed by atoms with Crippen LogP contribution in [0.5, 0.6) is 0 Å². The monoisotopic (exact) mass is 584 g/mol. The first kappa shape index (κ1) is 30.1. The Balaban J connectivity index is 1.73. The van der Waals surface area contributed by atoms with E-state index in [0.29, 0.717) is 11.7 Å². The van der Waals surface area contributed by atoms with Crippen molar-refractivity contribution in [3.05, 3.63) is 60.2 Å². The molecule has 12 heteroatoms. The van der Waals surface area contributed by atoms with Gasteiger partial charge in [0.25, 0.3) is 0 Å². The number of carbonyl (C=O) groups excluding carboxylic acids is 4. The van der Waals surface area contributed by atoms with Crippen molar-refractivity contribution in [1.82, 2.24) is 9.55 Å². The molecule has 1 saturated heterocycles. The summed E-state index contributed by atoms with van der Waals surface area (Å²) in [6, 6.07) is 17.7. The summed E-state index contributed by atoms with van der Waals surface area (Å²) in [6.07, 6.45) is -3.93. The van der Waals surface area contributed by atoms with Gasteiger partial charge in [0.1, 0.15) is 12.7 Å². The van der Waals surface area contributed by atoms with E-state index < -0.39 is 53.7 Å². The molecule has 0 amide bonds. The fourth-order valence-corrected chi connectivity index (χ4v) is 5.85. The van der Waals surface area contributed by atoms with E-state index in [9.17, 15) is 19.2 Å². The zero-order valence-corrected chi connectivity index (χ0v) is 24.0. The van der Waals surface area contributed by atoms with E-state index in [4.69, 9.17) is 28.7 Å². The first-order chi connectivity index (χ1) is 19.6. The molecule has 2 aromatic carbocycles. The van der Waals surface area contributed by atoms with E-state index in [1.165, 1.54) is 39.5 Å². The second-order valence-electron chi connectivity index (χ2n) is 9.46. The highest BCUT2D eigenvalue weighted by Gasteiger charge is 2.52. The van der Waals surface area contributed by atoms with Crippen molar-refractivity contribution in [3.8, 4) is 0 Å². The number of benzene rings is 2. The second-order valence-corrected chi connectivity index (χ2v) is 10.5. The van der Waals surface area contributed by atoms with Gasteiger partial charge in [0, 0.05) is 34.2 Å². The predicted octanol–water partition coefficient (Wildman–Crippen LogP) is 3.45. The van der Waals surface area contributed by atoms with Gasteiger partial charge in [0.05, 0.1) is 11.0 Å². The molecule has 5 unspecified atom stereocenters. The SMILES string of the molecule is CC(=O)OCC1OC(Sc2nc3ccccc3n2CCc2ccccc2)C(OC(C)=O)C(OC(C)=O)C1OC(C)=O. The lowest BCUT2D eigenvalue weighted by molar-refractivity contribution is -0.237. The molecule has 0 radical (unpaired) electrons. The molecule has 41 heavy (non-hydrogen) atoms. The summed E-state index contributed by atoms with van der Waals surface area (Å²) in [5.74, 6) is -2.59. The molecule has 5 atom stereocenters. The summed E-state index contributed by atoms with van der Waals surface area (Å²) in [5, 5.41) is 0.572. The maximum absolute atomic E-state index is 12.2. The quantitative estimate of drug-likeness (QED) is 0.256. The molecule has 218 valence electrons. The van der Waals surface area contributed by atoms with Gasteiger partial charge < -0.3 is 28.3 Å². The van der Waals surface area contributed by atoms with Gasteiger partial charge in [-0.3, -0.25) is 19.2 Å². The zero-order chi connectivity index (χ0) is 29.5. The lowest BCUT2D eigenvalue weighted by Gasteiger charge is -2.44. The summed E-state index contributed by atoms with van der Waals surface area (Å²) >= 11 is 1.17. The van der Waals surface area contributed by atoms with Gasteiger partial charge in [-0.1, -0.05) is 54.2 Å². The number of imidazole rings is 1. The Morgan fingerprint density at radius 1 is 0.805 bits per heavy atom. The maximum atomic E-state index is 12.2. The average Bonchev–Trinajstić information content (AvgIpc) is 3.26. The third-order valence-electron chi connectivity index (χ3n) is 6.26. The van der Waals surface area contributed by atoms with Gasteiger partial charge in [-0.05, 0) is 24.1 Å². The number of thioether (sulfide) groups is 1. The highest BCUT2D eigenvalue weighted by Crippen LogP contribution is 2.38. The van der Waals surface area contributed by atoms with Crippen LogP contribution in [0.3, 0.4) is 0 Å². The van der Waals surface area contributed by atoms with E-state index in [-0.39, 0.29) is 6.61 Å². The number of hydrogen-bond donors (Lipinski definition) is 0. The fraction of sp³-hybridized carbons (Fsp3) is 0.414. The number of carbonyl (C=O) groups is 4. The maximum Gasteiger partial charge on any atom is 0.303 e. The van der Waals surface area contributed by atoms with Gasteiger partial charge in [-0.2, -0.15) is 0 Å². The molecule has 4 rings (SSSR count). The van der Waals surface area contributed by atoms with Crippen LogP contribution in [0.25, 0.3) is 11.0 Å². The van der Waals surface area contributed by atoms with Crippen molar-refractivity contribution >= 4 is 46.7 Å². The molecule has 2 heterocycles. The summed E-state index contributed by atoms with van der Waals surface area (Å²) < 4.78 is 30.2. The first-order valence-electron chi connectivity index (χ1n) is 13.1. The molecular weight excluding hydrogens is 552 g/mol. The molecule has 1 fully saturated rings. The van der Waals surface area contributed by atoms with Crippen LogP contribution in [0.2, 0.25) is 0 Å². The average molecular weight is 585 g/mol. The number of aromatic nitrogens is 2. The standard InChI is InChI=1S/C29H32N2O9S/c1-17(32)36-16-24-25(37-18(2)33)26(38-19(3)34)27(39-20(4)35)28(40-24)41-29-30-22-12-8-9-13-23(22)31(29)15-14-21-10-6-5-7-11-21/h5-13,24-28H,14-16H2,1-4H3. The van der Waals surface area contributed by atoms with Crippen LogP contribution < -0.4 is 0 Å². The van der Waals surface area contributed by atoms with Crippen LogP contribution in [0, 0.1) is 0 Å². The number of fused-ring (bicyclic) bond motifs is 1. The Morgan fingerprint density at radius 2 is 1.41 bits per heavy atom. The molecule has 0 spiro atoms. The van der Waals surface area contributed by atoms with E-state index in [0.717, 1.165) is 23.0 Å². The minimum Gasteiger partial charge on any atom is -0.463 e. The number of para-hydroxylation sites is 2. The molecule has 0 bridgehead atoms. The molecule has 0 saturated carbocycles. The summed E-state index contributed by atoms with van der Waals surface area (Å²) in [6.45, 7) is 5.13. The van der Waals surface area contributed by atoms with Gasteiger partial charge >= 0.3 is 23.9 Å². The fourth-order valence-electron chi connectivity index (χ4n) is 4.63. The van der Waals surface area contributed by atoms with Crippen molar-refractivity contribution in [1.29, 1.82) is 0 Å². The third-order valence-corrected chi connectivity index (χ3v) is 7.39. The number of nitrogens with zero attached hydrogens (tertiary/aromatic N) is 2. The van der Waals surface area contributed by atoms with E-state index in [1.54, 1.807) is 0 Å². The minimum atomic E-state index is -1.24. The Kier molecular flexibility index (Phi) is 10.0. The van der Waals surface area contributed by atoms with Crippen LogP contribution in [0.4, 0.5) is 0 Å². The molecule has 0 aliphatic carbocycles. The van der Waals surface area contributed by atoms with E-state index >= 15 is 0 Å². The first-order valence-corrected chi connectivity index (χ1v) is 14.0. The summed E-state index contributed by atoms with van der Waals surface area (Å²) in [7, 11) is 0. The molecule has 1 aliphatic heterocycles. The number of esters is 4. The van der Waals surface area contributed by atoms with Crippen LogP contribution in [0.15, 0.2) is 59.8 Å². The van der Waals surface area contributed by atoms with Gasteiger partial charge in [-0.15, -0.1) is 0 Å². The molecule has 0 N–H and O–H groups in total. The zero-order valence-electron chi connectivity index (χ0n) is 23.2. The van der Waals surface area contributed by atoms with Crippen molar-refractivity contribution in [2.45, 2.75) is 75.7 Å². The van der Waals surface area contributed by atoms with Crippen molar-refractivity contribution in [3.63, 3.8) is 0 Å². The summed E-state index contributed by atoms with van der Waals surface area (Å²) in [4.78, 5) is 52.8. The van der Waals surface area contributed by atoms with Crippen molar-refractivity contribution in [2.75, 3.05) is 6.61 Å². The Bertz CT molecular complexity index is 1390. The topological polar surface area (TPSA) is 132 Å². The number of aryl methyl sites for hydroxylation is 2. The van der Waals surface area contributed by atoms with Gasteiger partial charge in [0.2, 0.25) is 0 Å². The molecular formula is C29H32N2O9S. The predicted molar refractivity (Wildman–Crippen MR) is 148 cm³/mol. The molecule has 1 aliphatic rings. The summed E-state index contributed by atoms with van der Waals surface area (Å²) in [5.41, 5.74) is 1.83. The molecule has 11 nitrogen and oxygen atoms in total. The van der Waals surface area contributed by atoms with Crippen LogP contribution in [-0.2, 0) is 55.8 Å². The highest BCUT2D eigenvalue weighted by atomic mass is 32.2.